The van der Waals surface area contributed by atoms with Crippen LogP contribution in [0.5, 0.6) is 0 Å². The van der Waals surface area contributed by atoms with Crippen molar-refractivity contribution in [3.05, 3.63) is 182 Å². The molecule has 0 saturated carbocycles. The van der Waals surface area contributed by atoms with Crippen LogP contribution >= 0.6 is 0 Å². The van der Waals surface area contributed by atoms with Crippen LogP contribution in [-0.4, -0.2) is 13.1 Å². The highest BCUT2D eigenvalue weighted by atomic mass is 15.4. The third kappa shape index (κ3) is 6.01. The molecule has 0 aliphatic heterocycles. The average molecular weight is 575 g/mol. The first-order chi connectivity index (χ1) is 21.8. The van der Waals surface area contributed by atoms with Crippen LogP contribution in [0.4, 0.5) is 34.1 Å². The molecule has 0 atom stereocenters. The average Bonchev–Trinajstić information content (AvgIpc) is 3.12. The van der Waals surface area contributed by atoms with E-state index in [2.05, 4.69) is 182 Å². The monoisotopic (exact) mass is 574 g/mol. The Hall–Kier alpha value is -4.76. The number of nitrogens with zero attached hydrogens (tertiary/aromatic N) is 2. The van der Waals surface area contributed by atoms with E-state index < -0.39 is 0 Å². The second-order valence-corrected chi connectivity index (χ2v) is 11.5. The summed E-state index contributed by atoms with van der Waals surface area (Å²) in [6, 6.07) is 66.1. The van der Waals surface area contributed by atoms with Crippen LogP contribution in [0, 0.1) is 0 Å². The zero-order valence-electron chi connectivity index (χ0n) is 25.5. The Kier molecular flexibility index (Phi) is 9.42. The van der Waals surface area contributed by atoms with Gasteiger partial charge in [0.15, 0.2) is 0 Å². The molecular weight excluding hydrogens is 532 g/mol. The Morgan fingerprint density at radius 2 is 0.409 bits per heavy atom. The fourth-order valence-corrected chi connectivity index (χ4v) is 6.82. The maximum atomic E-state index is 2.28. The van der Waals surface area contributed by atoms with E-state index in [1.807, 2.05) is 0 Å². The molecule has 0 heterocycles. The largest absolute Gasteiger partial charge is 0.227 e. The van der Waals surface area contributed by atoms with Gasteiger partial charge in [0.05, 0.1) is 13.1 Å². The molecule has 0 aliphatic carbocycles. The third-order valence-electron chi connectivity index (χ3n) is 8.92. The van der Waals surface area contributed by atoms with E-state index in [9.17, 15) is 0 Å². The van der Waals surface area contributed by atoms with Gasteiger partial charge < -0.3 is 0 Å². The summed E-state index contributed by atoms with van der Waals surface area (Å²) in [5, 5.41) is 0. The summed E-state index contributed by atoms with van der Waals surface area (Å²) in [5.41, 5.74) is 7.82. The first-order valence-electron chi connectivity index (χ1n) is 15.9. The second kappa shape index (κ2) is 14.1. The Bertz CT molecular complexity index is 1350. The van der Waals surface area contributed by atoms with Gasteiger partial charge >= 0.3 is 0 Å². The van der Waals surface area contributed by atoms with Gasteiger partial charge in [0.1, 0.15) is 34.1 Å². The smallest absolute Gasteiger partial charge is 0.143 e. The van der Waals surface area contributed by atoms with Crippen molar-refractivity contribution in [2.75, 3.05) is 13.1 Å². The number of benzene rings is 6. The van der Waals surface area contributed by atoms with Gasteiger partial charge in [-0.25, -0.2) is 8.97 Å². The molecule has 0 N–H and O–H groups in total. The summed E-state index contributed by atoms with van der Waals surface area (Å²) >= 11 is 0. The first kappa shape index (κ1) is 29.3. The van der Waals surface area contributed by atoms with E-state index in [1.54, 1.807) is 0 Å². The van der Waals surface area contributed by atoms with E-state index in [4.69, 9.17) is 0 Å². The minimum Gasteiger partial charge on any atom is -0.227 e. The number of para-hydroxylation sites is 6. The van der Waals surface area contributed by atoms with Crippen LogP contribution < -0.4 is 8.97 Å². The zero-order chi connectivity index (χ0) is 29.9. The predicted octanol–water partition coefficient (Wildman–Crippen LogP) is 11.9. The lowest BCUT2D eigenvalue weighted by Crippen LogP contribution is -2.40. The fraction of sp³-hybridized carbons (Fsp3) is 0.143. The number of hydrogen-bond acceptors (Lipinski definition) is 0. The molecule has 2 heteroatoms. The quantitative estimate of drug-likeness (QED) is 0.0950. The molecule has 0 bridgehead atoms. The summed E-state index contributed by atoms with van der Waals surface area (Å²) in [4.78, 5) is 0. The molecule has 0 unspecified atom stereocenters. The Labute approximate surface area is 263 Å². The van der Waals surface area contributed by atoms with E-state index in [0.29, 0.717) is 0 Å². The molecule has 0 aromatic heterocycles. The van der Waals surface area contributed by atoms with Crippen LogP contribution in [-0.2, 0) is 0 Å². The lowest BCUT2D eigenvalue weighted by Gasteiger charge is -2.38. The Morgan fingerprint density at radius 3 is 0.591 bits per heavy atom. The third-order valence-corrected chi connectivity index (χ3v) is 8.92. The van der Waals surface area contributed by atoms with E-state index in [0.717, 1.165) is 34.9 Å². The minimum absolute atomic E-state index is 0.723. The van der Waals surface area contributed by atoms with Gasteiger partial charge in [0.25, 0.3) is 0 Å². The van der Waals surface area contributed by atoms with Gasteiger partial charge in [-0.15, -0.1) is 0 Å². The van der Waals surface area contributed by atoms with Gasteiger partial charge in [-0.3, -0.25) is 0 Å². The highest BCUT2D eigenvalue weighted by molar-refractivity contribution is 5.72. The van der Waals surface area contributed by atoms with Gasteiger partial charge in [0.2, 0.25) is 0 Å². The van der Waals surface area contributed by atoms with Crippen LogP contribution in [0.25, 0.3) is 0 Å². The van der Waals surface area contributed by atoms with Gasteiger partial charge in [-0.1, -0.05) is 109 Å². The highest BCUT2D eigenvalue weighted by Gasteiger charge is 2.37. The number of unbranched alkanes of at least 4 members (excludes halogenated alkanes) is 3. The van der Waals surface area contributed by atoms with Crippen molar-refractivity contribution in [3.63, 3.8) is 0 Å². The van der Waals surface area contributed by atoms with Crippen molar-refractivity contribution in [1.29, 1.82) is 0 Å². The van der Waals surface area contributed by atoms with E-state index in [-0.39, 0.29) is 0 Å². The lowest BCUT2D eigenvalue weighted by molar-refractivity contribution is 0.452. The van der Waals surface area contributed by atoms with Crippen molar-refractivity contribution in [2.45, 2.75) is 25.7 Å². The number of rotatable bonds is 13. The number of hydrogen-bond donors (Lipinski definition) is 0. The molecule has 2 nitrogen and oxygen atoms in total. The predicted molar refractivity (Wildman–Crippen MR) is 189 cm³/mol. The molecule has 0 spiro atoms. The van der Waals surface area contributed by atoms with Gasteiger partial charge in [0, 0.05) is 0 Å². The van der Waals surface area contributed by atoms with Crippen molar-refractivity contribution in [3.8, 4) is 0 Å². The normalized spacial score (nSPS) is 11.7. The van der Waals surface area contributed by atoms with Crippen molar-refractivity contribution < 1.29 is 0 Å². The topological polar surface area (TPSA) is 0 Å². The molecule has 6 rings (SSSR count). The molecule has 0 aliphatic rings. The van der Waals surface area contributed by atoms with Gasteiger partial charge in [-0.05, 0) is 98.5 Å². The SMILES string of the molecule is c1ccc([N+](CCCCCC[N+](c2ccccc2)(c2ccccc2)c2ccccc2)(c2ccccc2)c2ccccc2)cc1. The van der Waals surface area contributed by atoms with E-state index >= 15 is 0 Å². The molecule has 0 radical (unpaired) electrons. The molecule has 0 saturated heterocycles. The molecule has 6 aromatic rings. The highest BCUT2D eigenvalue weighted by Crippen LogP contribution is 2.45. The molecular formula is C42H42N2+2. The summed E-state index contributed by atoms with van der Waals surface area (Å²) < 4.78 is 1.45. The maximum absolute atomic E-state index is 2.28. The Balaban J connectivity index is 1.26. The van der Waals surface area contributed by atoms with Crippen molar-refractivity contribution >= 4 is 34.1 Å². The maximum Gasteiger partial charge on any atom is 0.143 e. The standard InChI is InChI=1S/C42H42N2/c1(21-35-43(37-23-9-3-10-24-37,38-25-11-4-12-26-38)39-27-13-5-14-28-39)2-22-36-44(40-29-15-6-16-30-40,41-31-17-7-18-32-41)42-33-19-8-20-34-42/h3-20,23-34H,1-2,21-22,35-36H2/q+2. The molecule has 0 amide bonds. The zero-order valence-corrected chi connectivity index (χ0v) is 25.5. The lowest BCUT2D eigenvalue weighted by atomic mass is 10.0. The summed E-state index contributed by atoms with van der Waals surface area (Å²) in [7, 11) is 0. The van der Waals surface area contributed by atoms with Crippen LogP contribution in [0.15, 0.2) is 182 Å². The second-order valence-electron chi connectivity index (χ2n) is 11.5. The van der Waals surface area contributed by atoms with Crippen LogP contribution in [0.1, 0.15) is 25.7 Å². The van der Waals surface area contributed by atoms with E-state index in [1.165, 1.54) is 47.0 Å². The van der Waals surface area contributed by atoms with Crippen molar-refractivity contribution in [2.24, 2.45) is 0 Å². The summed E-state index contributed by atoms with van der Waals surface area (Å²) in [5.74, 6) is 0. The first-order valence-corrected chi connectivity index (χ1v) is 15.9. The fourth-order valence-electron chi connectivity index (χ4n) is 6.82. The molecule has 218 valence electrons. The Morgan fingerprint density at radius 1 is 0.227 bits per heavy atom. The van der Waals surface area contributed by atoms with Crippen LogP contribution in [0.2, 0.25) is 0 Å². The minimum atomic E-state index is 0.723. The number of quaternary nitrogens is 2. The summed E-state index contributed by atoms with van der Waals surface area (Å²) in [6.45, 7) is 2.02. The van der Waals surface area contributed by atoms with Gasteiger partial charge in [-0.2, -0.15) is 0 Å². The van der Waals surface area contributed by atoms with Crippen LogP contribution in [0.3, 0.4) is 0 Å². The molecule has 6 aromatic carbocycles. The molecule has 0 fully saturated rings. The van der Waals surface area contributed by atoms with Crippen molar-refractivity contribution in [1.82, 2.24) is 8.97 Å². The molecule has 44 heavy (non-hydrogen) atoms. The summed E-state index contributed by atoms with van der Waals surface area (Å²) in [6.07, 6.45) is 4.59.